The Kier molecular flexibility index (Phi) is 5.46. The lowest BCUT2D eigenvalue weighted by atomic mass is 10.1. The van der Waals surface area contributed by atoms with Crippen molar-refractivity contribution in [3.63, 3.8) is 0 Å². The number of sulfone groups is 1. The van der Waals surface area contributed by atoms with Crippen LogP contribution in [0.15, 0.2) is 71.6 Å². The maximum Gasteiger partial charge on any atom is 0.258 e. The minimum atomic E-state index is -3.23. The molecule has 0 radical (unpaired) electrons. The van der Waals surface area contributed by atoms with E-state index in [2.05, 4.69) is 5.32 Å². The summed E-state index contributed by atoms with van der Waals surface area (Å²) >= 11 is 0. The van der Waals surface area contributed by atoms with Gasteiger partial charge in [0.15, 0.2) is 16.4 Å². The lowest BCUT2D eigenvalue weighted by molar-refractivity contribution is -0.123. The molecule has 5 nitrogen and oxygen atoms in total. The predicted octanol–water partition coefficient (Wildman–Crippen LogP) is 3.50. The molecule has 3 aromatic carbocycles. The molecule has 3 aromatic rings. The van der Waals surface area contributed by atoms with Gasteiger partial charge in [0.1, 0.15) is 5.75 Å². The molecular formula is C21H21NO4S. The minimum absolute atomic E-state index is 0.0932. The highest BCUT2D eigenvalue weighted by Gasteiger charge is 2.12. The zero-order chi connectivity index (χ0) is 19.4. The highest BCUT2D eigenvalue weighted by atomic mass is 32.2. The molecule has 0 saturated heterocycles. The molecule has 0 aromatic heterocycles. The van der Waals surface area contributed by atoms with Gasteiger partial charge in [-0.3, -0.25) is 4.79 Å². The Hall–Kier alpha value is -2.86. The highest BCUT2D eigenvalue weighted by molar-refractivity contribution is 7.90. The maximum atomic E-state index is 12.2. The van der Waals surface area contributed by atoms with E-state index in [0.29, 0.717) is 5.75 Å². The van der Waals surface area contributed by atoms with E-state index in [1.54, 1.807) is 24.3 Å². The summed E-state index contributed by atoms with van der Waals surface area (Å²) in [5.74, 6) is 0.386. The van der Waals surface area contributed by atoms with Gasteiger partial charge in [-0.05, 0) is 47.5 Å². The average Bonchev–Trinajstić information content (AvgIpc) is 2.65. The molecule has 0 aliphatic carbocycles. The molecule has 0 spiro atoms. The summed E-state index contributed by atoms with van der Waals surface area (Å²) in [6, 6.07) is 19.8. The topological polar surface area (TPSA) is 72.5 Å². The van der Waals surface area contributed by atoms with Crippen LogP contribution in [-0.2, 0) is 14.6 Å². The van der Waals surface area contributed by atoms with Crippen LogP contribution in [0.4, 0.5) is 0 Å². The number of carbonyl (C=O) groups excluding carboxylic acids is 1. The number of benzene rings is 3. The first-order valence-electron chi connectivity index (χ1n) is 8.54. The van der Waals surface area contributed by atoms with Crippen LogP contribution in [0.2, 0.25) is 0 Å². The quantitative estimate of drug-likeness (QED) is 0.707. The van der Waals surface area contributed by atoms with Crippen molar-refractivity contribution in [1.29, 1.82) is 0 Å². The molecule has 1 amide bonds. The third-order valence-corrected chi connectivity index (χ3v) is 5.41. The molecule has 0 fully saturated rings. The van der Waals surface area contributed by atoms with Gasteiger partial charge in [-0.2, -0.15) is 0 Å². The van der Waals surface area contributed by atoms with Crippen molar-refractivity contribution < 1.29 is 17.9 Å². The molecule has 0 unspecified atom stereocenters. The lowest BCUT2D eigenvalue weighted by Crippen LogP contribution is -2.31. The fraction of sp³-hybridized carbons (Fsp3) is 0.190. The molecule has 0 saturated carbocycles. The molecule has 1 N–H and O–H groups in total. The average molecular weight is 383 g/mol. The minimum Gasteiger partial charge on any atom is -0.484 e. The Balaban J connectivity index is 1.58. The standard InChI is InChI=1S/C21H21NO4S/c1-15(16-8-11-20(12-9-16)27(2,24)25)22-21(23)14-26-19-10-7-17-5-3-4-6-18(17)13-19/h3-13,15H,14H2,1-2H3,(H,22,23)/t15-/m0/s1. The van der Waals surface area contributed by atoms with E-state index in [1.165, 1.54) is 0 Å². The van der Waals surface area contributed by atoms with Crippen molar-refractivity contribution in [2.24, 2.45) is 0 Å². The smallest absolute Gasteiger partial charge is 0.258 e. The summed E-state index contributed by atoms with van der Waals surface area (Å²) in [6.07, 6.45) is 1.16. The number of amides is 1. The van der Waals surface area contributed by atoms with Gasteiger partial charge in [-0.25, -0.2) is 8.42 Å². The van der Waals surface area contributed by atoms with Crippen molar-refractivity contribution in [2.45, 2.75) is 17.9 Å². The largest absolute Gasteiger partial charge is 0.484 e. The monoisotopic (exact) mass is 383 g/mol. The van der Waals surface area contributed by atoms with Crippen LogP contribution in [0, 0.1) is 0 Å². The number of rotatable bonds is 6. The second kappa shape index (κ2) is 7.80. The normalized spacial score (nSPS) is 12.5. The van der Waals surface area contributed by atoms with Crippen molar-refractivity contribution in [1.82, 2.24) is 5.32 Å². The van der Waals surface area contributed by atoms with E-state index >= 15 is 0 Å². The number of ether oxygens (including phenoxy) is 1. The number of fused-ring (bicyclic) bond motifs is 1. The van der Waals surface area contributed by atoms with Crippen molar-refractivity contribution in [2.75, 3.05) is 12.9 Å². The van der Waals surface area contributed by atoms with Gasteiger partial charge in [0.05, 0.1) is 10.9 Å². The van der Waals surface area contributed by atoms with E-state index in [1.807, 2.05) is 49.4 Å². The van der Waals surface area contributed by atoms with Gasteiger partial charge in [0.2, 0.25) is 0 Å². The van der Waals surface area contributed by atoms with Crippen molar-refractivity contribution in [3.05, 3.63) is 72.3 Å². The maximum absolute atomic E-state index is 12.2. The van der Waals surface area contributed by atoms with E-state index < -0.39 is 9.84 Å². The Bertz CT molecular complexity index is 1060. The molecular weight excluding hydrogens is 362 g/mol. The van der Waals surface area contributed by atoms with Crippen LogP contribution in [0.3, 0.4) is 0 Å². The van der Waals surface area contributed by atoms with Gasteiger partial charge in [-0.15, -0.1) is 0 Å². The van der Waals surface area contributed by atoms with Crippen LogP contribution in [0.1, 0.15) is 18.5 Å². The number of hydrogen-bond acceptors (Lipinski definition) is 4. The molecule has 0 heterocycles. The van der Waals surface area contributed by atoms with Crippen LogP contribution >= 0.6 is 0 Å². The van der Waals surface area contributed by atoms with E-state index in [4.69, 9.17) is 4.74 Å². The van der Waals surface area contributed by atoms with Crippen LogP contribution in [0.5, 0.6) is 5.75 Å². The van der Waals surface area contributed by atoms with Crippen molar-refractivity contribution in [3.8, 4) is 5.75 Å². The zero-order valence-corrected chi connectivity index (χ0v) is 16.0. The van der Waals surface area contributed by atoms with Crippen LogP contribution in [-0.4, -0.2) is 27.2 Å². The number of hydrogen-bond donors (Lipinski definition) is 1. The zero-order valence-electron chi connectivity index (χ0n) is 15.2. The molecule has 0 aliphatic heterocycles. The van der Waals surface area contributed by atoms with E-state index in [9.17, 15) is 13.2 Å². The van der Waals surface area contributed by atoms with Gasteiger partial charge in [0, 0.05) is 6.26 Å². The van der Waals surface area contributed by atoms with Gasteiger partial charge in [0.25, 0.3) is 5.91 Å². The molecule has 140 valence electrons. The van der Waals surface area contributed by atoms with Gasteiger partial charge < -0.3 is 10.1 Å². The molecule has 6 heteroatoms. The van der Waals surface area contributed by atoms with Gasteiger partial charge >= 0.3 is 0 Å². The summed E-state index contributed by atoms with van der Waals surface area (Å²) in [6.45, 7) is 1.74. The SMILES string of the molecule is C[C@H](NC(=O)COc1ccc2ccccc2c1)c1ccc(S(C)(=O)=O)cc1. The molecule has 27 heavy (non-hydrogen) atoms. The Labute approximate surface area is 158 Å². The number of carbonyl (C=O) groups is 1. The fourth-order valence-electron chi connectivity index (χ4n) is 2.78. The predicted molar refractivity (Wildman–Crippen MR) is 106 cm³/mol. The number of nitrogens with one attached hydrogen (secondary N) is 1. The first-order valence-corrected chi connectivity index (χ1v) is 10.4. The first kappa shape index (κ1) is 18.9. The Morgan fingerprint density at radius 1 is 1.00 bits per heavy atom. The van der Waals surface area contributed by atoms with Crippen LogP contribution in [0.25, 0.3) is 10.8 Å². The third kappa shape index (κ3) is 4.86. The summed E-state index contributed by atoms with van der Waals surface area (Å²) in [7, 11) is -3.23. The summed E-state index contributed by atoms with van der Waals surface area (Å²) in [5.41, 5.74) is 0.821. The molecule has 3 rings (SSSR count). The molecule has 0 bridgehead atoms. The lowest BCUT2D eigenvalue weighted by Gasteiger charge is -2.15. The highest BCUT2D eigenvalue weighted by Crippen LogP contribution is 2.20. The fourth-order valence-corrected chi connectivity index (χ4v) is 3.41. The second-order valence-corrected chi connectivity index (χ2v) is 8.44. The van der Waals surface area contributed by atoms with Gasteiger partial charge in [-0.1, -0.05) is 42.5 Å². The Morgan fingerprint density at radius 3 is 2.33 bits per heavy atom. The molecule has 0 aliphatic rings. The van der Waals surface area contributed by atoms with E-state index in [-0.39, 0.29) is 23.5 Å². The summed E-state index contributed by atoms with van der Waals surface area (Å²) < 4.78 is 28.6. The summed E-state index contributed by atoms with van der Waals surface area (Å²) in [5, 5.41) is 5.01. The Morgan fingerprint density at radius 2 is 1.67 bits per heavy atom. The van der Waals surface area contributed by atoms with Crippen molar-refractivity contribution >= 4 is 26.5 Å². The summed E-state index contributed by atoms with van der Waals surface area (Å²) in [4.78, 5) is 12.4. The third-order valence-electron chi connectivity index (χ3n) is 4.28. The first-order chi connectivity index (χ1) is 12.8. The second-order valence-electron chi connectivity index (χ2n) is 6.43. The van der Waals surface area contributed by atoms with Crippen LogP contribution < -0.4 is 10.1 Å². The molecule has 1 atom stereocenters. The van der Waals surface area contributed by atoms with E-state index in [0.717, 1.165) is 22.6 Å².